The van der Waals surface area contributed by atoms with Crippen molar-refractivity contribution >= 4 is 11.5 Å². The van der Waals surface area contributed by atoms with Crippen LogP contribution in [0.1, 0.15) is 5.56 Å². The lowest BCUT2D eigenvalue weighted by atomic mass is 9.99. The van der Waals surface area contributed by atoms with E-state index in [4.69, 9.17) is 11.1 Å². The van der Waals surface area contributed by atoms with Gasteiger partial charge in [-0.3, -0.25) is 15.5 Å². The summed E-state index contributed by atoms with van der Waals surface area (Å²) in [5.74, 6) is -0.0241. The van der Waals surface area contributed by atoms with Crippen LogP contribution in [-0.2, 0) is 0 Å². The third kappa shape index (κ3) is 2.20. The van der Waals surface area contributed by atoms with Crippen molar-refractivity contribution in [2.75, 3.05) is 0 Å². The molecule has 2 rings (SSSR count). The zero-order valence-corrected chi connectivity index (χ0v) is 9.46. The van der Waals surface area contributed by atoms with Crippen LogP contribution in [0.15, 0.2) is 48.5 Å². The molecule has 5 heteroatoms. The van der Waals surface area contributed by atoms with E-state index in [0.29, 0.717) is 5.56 Å². The number of rotatable bonds is 3. The normalized spacial score (nSPS) is 10.0. The lowest BCUT2D eigenvalue weighted by Gasteiger charge is -2.07. The summed E-state index contributed by atoms with van der Waals surface area (Å²) >= 11 is 0. The molecule has 0 radical (unpaired) electrons. The maximum Gasteiger partial charge on any atom is 0.269 e. The topological polar surface area (TPSA) is 93.0 Å². The first-order chi connectivity index (χ1) is 8.59. The molecule has 0 aliphatic heterocycles. The van der Waals surface area contributed by atoms with Crippen molar-refractivity contribution in [1.29, 1.82) is 5.41 Å². The van der Waals surface area contributed by atoms with Gasteiger partial charge < -0.3 is 5.73 Å². The first kappa shape index (κ1) is 11.8. The van der Waals surface area contributed by atoms with Gasteiger partial charge in [-0.15, -0.1) is 0 Å². The highest BCUT2D eigenvalue weighted by atomic mass is 16.6. The van der Waals surface area contributed by atoms with E-state index in [1.165, 1.54) is 12.1 Å². The molecule has 3 N–H and O–H groups in total. The standard InChI is InChI=1S/C13H11N3O2/c14-13(15)12-4-2-1-3-11(12)9-5-7-10(8-6-9)16(17)18/h1-8H,(H3,14,15). The van der Waals surface area contributed by atoms with Gasteiger partial charge in [-0.1, -0.05) is 24.3 Å². The van der Waals surface area contributed by atoms with Gasteiger partial charge in [0.25, 0.3) is 5.69 Å². The zero-order valence-electron chi connectivity index (χ0n) is 9.46. The fourth-order valence-corrected chi connectivity index (χ4v) is 1.73. The van der Waals surface area contributed by atoms with E-state index in [9.17, 15) is 10.1 Å². The Morgan fingerprint density at radius 3 is 2.28 bits per heavy atom. The number of hydrogen-bond donors (Lipinski definition) is 2. The molecule has 0 aromatic heterocycles. The lowest BCUT2D eigenvalue weighted by molar-refractivity contribution is -0.384. The predicted molar refractivity (Wildman–Crippen MR) is 69.5 cm³/mol. The van der Waals surface area contributed by atoms with Gasteiger partial charge >= 0.3 is 0 Å². The highest BCUT2D eigenvalue weighted by Gasteiger charge is 2.09. The minimum atomic E-state index is -0.444. The summed E-state index contributed by atoms with van der Waals surface area (Å²) < 4.78 is 0. The number of nitrogens with one attached hydrogen (secondary N) is 1. The van der Waals surface area contributed by atoms with Crippen LogP contribution in [0.2, 0.25) is 0 Å². The first-order valence-corrected chi connectivity index (χ1v) is 5.28. The molecular weight excluding hydrogens is 230 g/mol. The Labute approximate surface area is 104 Å². The SMILES string of the molecule is N=C(N)c1ccccc1-c1ccc([N+](=O)[O-])cc1. The number of hydrogen-bond acceptors (Lipinski definition) is 3. The van der Waals surface area contributed by atoms with Crippen molar-refractivity contribution in [2.45, 2.75) is 0 Å². The van der Waals surface area contributed by atoms with Crippen LogP contribution in [0.4, 0.5) is 5.69 Å². The van der Waals surface area contributed by atoms with Gasteiger partial charge in [-0.2, -0.15) is 0 Å². The molecule has 0 heterocycles. The van der Waals surface area contributed by atoms with Crippen LogP contribution < -0.4 is 5.73 Å². The van der Waals surface area contributed by atoms with Crippen LogP contribution in [0.25, 0.3) is 11.1 Å². The molecule has 0 atom stereocenters. The maximum atomic E-state index is 10.6. The van der Waals surface area contributed by atoms with Crippen LogP contribution in [-0.4, -0.2) is 10.8 Å². The molecule has 0 aliphatic rings. The molecule has 0 fully saturated rings. The second-order valence-electron chi connectivity index (χ2n) is 3.76. The minimum Gasteiger partial charge on any atom is -0.384 e. The number of nitrogens with zero attached hydrogens (tertiary/aromatic N) is 1. The fraction of sp³-hybridized carbons (Fsp3) is 0. The molecule has 0 unspecified atom stereocenters. The number of non-ortho nitro benzene ring substituents is 1. The average molecular weight is 241 g/mol. The number of nitro groups is 1. The molecule has 2 aromatic rings. The van der Waals surface area contributed by atoms with Gasteiger partial charge in [0.1, 0.15) is 5.84 Å². The Bertz CT molecular complexity index is 606. The summed E-state index contributed by atoms with van der Waals surface area (Å²) in [6.45, 7) is 0. The van der Waals surface area contributed by atoms with Gasteiger partial charge in [0.05, 0.1) is 4.92 Å². The Morgan fingerprint density at radius 2 is 1.72 bits per heavy atom. The molecule has 0 spiro atoms. The quantitative estimate of drug-likeness (QED) is 0.374. The highest BCUT2D eigenvalue weighted by molar-refractivity contribution is 6.01. The molecule has 0 saturated carbocycles. The van der Waals surface area contributed by atoms with E-state index in [-0.39, 0.29) is 11.5 Å². The van der Waals surface area contributed by atoms with Crippen molar-refractivity contribution in [3.05, 3.63) is 64.2 Å². The molecular formula is C13H11N3O2. The maximum absolute atomic E-state index is 10.6. The summed E-state index contributed by atoms with van der Waals surface area (Å²) in [5, 5.41) is 18.1. The van der Waals surface area contributed by atoms with Crippen molar-refractivity contribution in [1.82, 2.24) is 0 Å². The smallest absolute Gasteiger partial charge is 0.269 e. The van der Waals surface area contributed by atoms with Crippen LogP contribution >= 0.6 is 0 Å². The van der Waals surface area contributed by atoms with Crippen molar-refractivity contribution in [3.63, 3.8) is 0 Å². The van der Waals surface area contributed by atoms with E-state index in [1.54, 1.807) is 24.3 Å². The van der Waals surface area contributed by atoms with E-state index < -0.39 is 4.92 Å². The number of nitro benzene ring substituents is 1. The van der Waals surface area contributed by atoms with E-state index in [1.807, 2.05) is 12.1 Å². The monoisotopic (exact) mass is 241 g/mol. The minimum absolute atomic E-state index is 0.0241. The number of amidine groups is 1. The number of nitrogen functional groups attached to an aromatic ring is 1. The van der Waals surface area contributed by atoms with E-state index >= 15 is 0 Å². The Kier molecular flexibility index (Phi) is 3.05. The van der Waals surface area contributed by atoms with Gasteiger partial charge in [0, 0.05) is 17.7 Å². The van der Waals surface area contributed by atoms with Gasteiger partial charge in [0.15, 0.2) is 0 Å². The van der Waals surface area contributed by atoms with Gasteiger partial charge in [0.2, 0.25) is 0 Å². The lowest BCUT2D eigenvalue weighted by Crippen LogP contribution is -2.12. The molecule has 18 heavy (non-hydrogen) atoms. The van der Waals surface area contributed by atoms with Crippen molar-refractivity contribution < 1.29 is 4.92 Å². The average Bonchev–Trinajstić information content (AvgIpc) is 2.39. The Hall–Kier alpha value is -2.69. The largest absolute Gasteiger partial charge is 0.384 e. The zero-order chi connectivity index (χ0) is 13.1. The van der Waals surface area contributed by atoms with Crippen molar-refractivity contribution in [2.24, 2.45) is 5.73 Å². The predicted octanol–water partition coefficient (Wildman–Crippen LogP) is 2.55. The summed E-state index contributed by atoms with van der Waals surface area (Å²) in [6.07, 6.45) is 0. The third-order valence-corrected chi connectivity index (χ3v) is 2.61. The second-order valence-corrected chi connectivity index (χ2v) is 3.76. The fourth-order valence-electron chi connectivity index (χ4n) is 1.73. The second kappa shape index (κ2) is 4.67. The van der Waals surface area contributed by atoms with Crippen LogP contribution in [0.5, 0.6) is 0 Å². The molecule has 0 saturated heterocycles. The van der Waals surface area contributed by atoms with Gasteiger partial charge in [-0.05, 0) is 23.3 Å². The number of benzene rings is 2. The molecule has 0 amide bonds. The number of nitrogens with two attached hydrogens (primary N) is 1. The molecule has 0 bridgehead atoms. The molecule has 5 nitrogen and oxygen atoms in total. The molecule has 2 aromatic carbocycles. The Balaban J connectivity index is 2.49. The first-order valence-electron chi connectivity index (χ1n) is 5.28. The summed E-state index contributed by atoms with van der Waals surface area (Å²) in [5.41, 5.74) is 7.75. The molecule has 0 aliphatic carbocycles. The summed E-state index contributed by atoms with van der Waals surface area (Å²) in [7, 11) is 0. The molecule has 90 valence electrons. The highest BCUT2D eigenvalue weighted by Crippen LogP contribution is 2.25. The summed E-state index contributed by atoms with van der Waals surface area (Å²) in [4.78, 5) is 10.1. The van der Waals surface area contributed by atoms with Crippen molar-refractivity contribution in [3.8, 4) is 11.1 Å². The van der Waals surface area contributed by atoms with Crippen LogP contribution in [0.3, 0.4) is 0 Å². The van der Waals surface area contributed by atoms with E-state index in [0.717, 1.165) is 11.1 Å². The van der Waals surface area contributed by atoms with Gasteiger partial charge in [-0.25, -0.2) is 0 Å². The third-order valence-electron chi connectivity index (χ3n) is 2.61. The van der Waals surface area contributed by atoms with E-state index in [2.05, 4.69) is 0 Å². The Morgan fingerprint density at radius 1 is 1.11 bits per heavy atom. The summed E-state index contributed by atoms with van der Waals surface area (Å²) in [6, 6.07) is 13.4. The van der Waals surface area contributed by atoms with Crippen LogP contribution in [0, 0.1) is 15.5 Å².